The zero-order valence-electron chi connectivity index (χ0n) is 10.7. The molecular formula is C10H8N4O7S. The second kappa shape index (κ2) is 4.19. The summed E-state index contributed by atoms with van der Waals surface area (Å²) in [6.45, 7) is 0. The molecular weight excluding hydrogens is 320 g/mol. The minimum absolute atomic E-state index is 0.239. The fraction of sp³-hybridized carbons (Fsp3) is 0.400. The van der Waals surface area contributed by atoms with Crippen molar-refractivity contribution in [2.45, 2.75) is 22.6 Å². The Morgan fingerprint density at radius 1 is 1.45 bits per heavy atom. The summed E-state index contributed by atoms with van der Waals surface area (Å²) in [6, 6.07) is -2.13. The molecule has 2 unspecified atom stereocenters. The number of aldehydes is 1. The maximum Gasteiger partial charge on any atom is 0.329 e. The van der Waals surface area contributed by atoms with E-state index in [9.17, 15) is 32.7 Å². The molecule has 1 N–H and O–H groups in total. The molecule has 3 heterocycles. The Kier molecular flexibility index (Phi) is 2.73. The normalized spacial score (nSPS) is 32.2. The van der Waals surface area contributed by atoms with Crippen molar-refractivity contribution in [3.05, 3.63) is 12.4 Å². The third kappa shape index (κ3) is 1.37. The van der Waals surface area contributed by atoms with Gasteiger partial charge >= 0.3 is 5.97 Å². The van der Waals surface area contributed by atoms with E-state index in [0.717, 1.165) is 12.4 Å². The molecule has 0 radical (unpaired) electrons. The molecule has 1 amide bonds. The maximum atomic E-state index is 12.5. The Bertz CT molecular complexity index is 801. The predicted octanol–water partition coefficient (Wildman–Crippen LogP) is -2.70. The molecule has 0 aromatic carbocycles. The number of amides is 1. The summed E-state index contributed by atoms with van der Waals surface area (Å²) in [7, 11) is -4.57. The second-order valence-electron chi connectivity index (χ2n) is 4.81. The van der Waals surface area contributed by atoms with E-state index in [1.54, 1.807) is 0 Å². The fourth-order valence-electron chi connectivity index (χ4n) is 2.78. The predicted molar refractivity (Wildman–Crippen MR) is 65.0 cm³/mol. The maximum absolute atomic E-state index is 12.5. The zero-order valence-corrected chi connectivity index (χ0v) is 11.5. The molecule has 0 spiro atoms. The van der Waals surface area contributed by atoms with Gasteiger partial charge < -0.3 is 14.8 Å². The Labute approximate surface area is 122 Å². The number of carbonyl (C=O) groups is 4. The number of hydrogen-bond acceptors (Lipinski definition) is 8. The Balaban J connectivity index is 2.27. The van der Waals surface area contributed by atoms with E-state index in [1.807, 2.05) is 0 Å². The molecule has 1 aromatic rings. The van der Waals surface area contributed by atoms with Crippen molar-refractivity contribution in [3.8, 4) is 0 Å². The van der Waals surface area contributed by atoms with Gasteiger partial charge in [0, 0.05) is 0 Å². The summed E-state index contributed by atoms with van der Waals surface area (Å²) < 4.78 is 22.6. The molecule has 12 heteroatoms. The van der Waals surface area contributed by atoms with Crippen LogP contribution in [0.25, 0.3) is 0 Å². The van der Waals surface area contributed by atoms with Crippen LogP contribution >= 0.6 is 0 Å². The van der Waals surface area contributed by atoms with Crippen LogP contribution in [-0.4, -0.2) is 73.7 Å². The van der Waals surface area contributed by atoms with E-state index in [2.05, 4.69) is 10.3 Å². The molecule has 2 aliphatic heterocycles. The number of sulfone groups is 1. The highest BCUT2D eigenvalue weighted by Crippen LogP contribution is 2.45. The van der Waals surface area contributed by atoms with Crippen molar-refractivity contribution in [2.75, 3.05) is 0 Å². The van der Waals surface area contributed by atoms with Gasteiger partial charge in [0.2, 0.25) is 10.7 Å². The first kappa shape index (κ1) is 14.3. The molecule has 3 atom stereocenters. The van der Waals surface area contributed by atoms with E-state index < -0.39 is 50.2 Å². The quantitative estimate of drug-likeness (QED) is 0.354. The highest BCUT2D eigenvalue weighted by Gasteiger charge is 2.76. The Hall–Kier alpha value is -2.63. The molecule has 1 aromatic heterocycles. The number of nitrogens with zero attached hydrogens (tertiary/aromatic N) is 4. The van der Waals surface area contributed by atoms with Gasteiger partial charge in [-0.25, -0.2) is 13.2 Å². The van der Waals surface area contributed by atoms with E-state index in [-0.39, 0.29) is 6.29 Å². The molecule has 22 heavy (non-hydrogen) atoms. The SMILES string of the molecule is O=C[C@@]1(C(=O)n2ccnn2)C(C(=O)O)N2C(=O)CC2S1(=O)=O. The van der Waals surface area contributed by atoms with Crippen LogP contribution in [0.15, 0.2) is 12.4 Å². The first-order valence-electron chi connectivity index (χ1n) is 5.94. The third-order valence-electron chi connectivity index (χ3n) is 3.83. The molecule has 0 saturated carbocycles. The lowest BCUT2D eigenvalue weighted by Gasteiger charge is -2.35. The molecule has 2 fully saturated rings. The lowest BCUT2D eigenvalue weighted by Crippen LogP contribution is -2.61. The third-order valence-corrected chi connectivity index (χ3v) is 6.38. The molecule has 0 bridgehead atoms. The number of fused-ring (bicyclic) bond motifs is 1. The fourth-order valence-corrected chi connectivity index (χ4v) is 5.12. The van der Waals surface area contributed by atoms with Gasteiger partial charge in [-0.3, -0.25) is 9.59 Å². The van der Waals surface area contributed by atoms with E-state index in [1.165, 1.54) is 0 Å². The van der Waals surface area contributed by atoms with Gasteiger partial charge in [-0.05, 0) is 0 Å². The standard InChI is InChI=1S/C10H8N4O7S/c15-4-10(9(19)13-2-1-11-12-13)7(8(17)18)14-5(16)3-6(14)22(10,20)21/h1-2,4,6-7H,3H2,(H,17,18)/t6?,7?,10-/m0/s1. The zero-order chi connectivity index (χ0) is 16.3. The summed E-state index contributed by atoms with van der Waals surface area (Å²) in [6.07, 6.45) is 1.34. The van der Waals surface area contributed by atoms with Crippen LogP contribution in [0.3, 0.4) is 0 Å². The number of β-lactam (4-membered cyclic amide) rings is 1. The van der Waals surface area contributed by atoms with E-state index in [4.69, 9.17) is 0 Å². The van der Waals surface area contributed by atoms with Crippen molar-refractivity contribution in [1.29, 1.82) is 0 Å². The number of hydrogen-bond donors (Lipinski definition) is 1. The van der Waals surface area contributed by atoms with Crippen LogP contribution in [0.2, 0.25) is 0 Å². The van der Waals surface area contributed by atoms with Gasteiger partial charge in [0.05, 0.1) is 18.8 Å². The monoisotopic (exact) mass is 328 g/mol. The average molecular weight is 328 g/mol. The topological polar surface area (TPSA) is 157 Å². The molecule has 3 rings (SSSR count). The minimum atomic E-state index is -4.57. The summed E-state index contributed by atoms with van der Waals surface area (Å²) >= 11 is 0. The summed E-state index contributed by atoms with van der Waals surface area (Å²) in [5, 5.41) is 14.4. The Morgan fingerprint density at radius 3 is 2.59 bits per heavy atom. The van der Waals surface area contributed by atoms with E-state index in [0.29, 0.717) is 9.58 Å². The van der Waals surface area contributed by atoms with Crippen molar-refractivity contribution in [1.82, 2.24) is 19.9 Å². The highest BCUT2D eigenvalue weighted by molar-refractivity contribution is 7.95. The van der Waals surface area contributed by atoms with Gasteiger partial charge in [0.15, 0.2) is 22.2 Å². The van der Waals surface area contributed by atoms with Gasteiger partial charge in [0.1, 0.15) is 5.37 Å². The number of carboxylic acid groups (broad SMARTS) is 1. The Morgan fingerprint density at radius 2 is 2.14 bits per heavy atom. The summed E-state index contributed by atoms with van der Waals surface area (Å²) in [4.78, 5) is 47.6. The van der Waals surface area contributed by atoms with Crippen molar-refractivity contribution in [3.63, 3.8) is 0 Å². The van der Waals surface area contributed by atoms with Gasteiger partial charge in [0.25, 0.3) is 5.91 Å². The lowest BCUT2D eigenvalue weighted by molar-refractivity contribution is -0.157. The number of aliphatic carboxylic acids is 1. The van der Waals surface area contributed by atoms with Crippen molar-refractivity contribution < 1.29 is 32.7 Å². The van der Waals surface area contributed by atoms with Crippen LogP contribution in [0.1, 0.15) is 11.2 Å². The largest absolute Gasteiger partial charge is 0.480 e. The van der Waals surface area contributed by atoms with Crippen LogP contribution in [0, 0.1) is 0 Å². The number of rotatable bonds is 3. The molecule has 2 saturated heterocycles. The van der Waals surface area contributed by atoms with Crippen LogP contribution in [-0.2, 0) is 24.2 Å². The molecule has 0 aliphatic carbocycles. The van der Waals surface area contributed by atoms with Crippen LogP contribution in [0.5, 0.6) is 0 Å². The van der Waals surface area contributed by atoms with Crippen molar-refractivity contribution >= 4 is 33.9 Å². The van der Waals surface area contributed by atoms with Crippen molar-refractivity contribution in [2.24, 2.45) is 0 Å². The average Bonchev–Trinajstić information content (AvgIpc) is 3.01. The lowest BCUT2D eigenvalue weighted by atomic mass is 9.95. The number of carbonyl (C=O) groups excluding carboxylic acids is 3. The second-order valence-corrected chi connectivity index (χ2v) is 7.12. The molecule has 2 aliphatic rings. The molecule has 11 nitrogen and oxygen atoms in total. The van der Waals surface area contributed by atoms with Gasteiger partial charge in [-0.2, -0.15) is 4.68 Å². The number of carboxylic acids is 1. The van der Waals surface area contributed by atoms with Crippen LogP contribution in [0.4, 0.5) is 0 Å². The van der Waals surface area contributed by atoms with E-state index >= 15 is 0 Å². The summed E-state index contributed by atoms with van der Waals surface area (Å²) in [5.41, 5.74) is 0. The first-order chi connectivity index (χ1) is 10.3. The van der Waals surface area contributed by atoms with Gasteiger partial charge in [-0.15, -0.1) is 5.10 Å². The summed E-state index contributed by atoms with van der Waals surface area (Å²) in [5.74, 6) is -3.90. The highest BCUT2D eigenvalue weighted by atomic mass is 32.2. The van der Waals surface area contributed by atoms with Crippen LogP contribution < -0.4 is 0 Å². The minimum Gasteiger partial charge on any atom is -0.480 e. The molecule has 116 valence electrons. The van der Waals surface area contributed by atoms with Gasteiger partial charge in [-0.1, -0.05) is 5.21 Å². The first-order valence-corrected chi connectivity index (χ1v) is 7.48. The number of aromatic nitrogens is 3. The smallest absolute Gasteiger partial charge is 0.329 e.